The third-order valence-corrected chi connectivity index (χ3v) is 4.57. The van der Waals surface area contributed by atoms with Gasteiger partial charge >= 0.3 is 0 Å². The molecule has 0 saturated carbocycles. The lowest BCUT2D eigenvalue weighted by molar-refractivity contribution is -0.684. The van der Waals surface area contributed by atoms with E-state index >= 15 is 0 Å². The van der Waals surface area contributed by atoms with Crippen LogP contribution in [0.5, 0.6) is 5.75 Å². The van der Waals surface area contributed by atoms with Crippen LogP contribution in [0.25, 0.3) is 0 Å². The summed E-state index contributed by atoms with van der Waals surface area (Å²) < 4.78 is 7.20. The molecular weight excluding hydrogens is 392 g/mol. The van der Waals surface area contributed by atoms with Crippen molar-refractivity contribution >= 4 is 28.9 Å². The molecule has 0 saturated heterocycles. The molecule has 7 heteroatoms. The van der Waals surface area contributed by atoms with Crippen molar-refractivity contribution in [1.29, 1.82) is 0 Å². The molecule has 1 aromatic heterocycles. The van der Waals surface area contributed by atoms with Gasteiger partial charge in [-0.15, -0.1) is 0 Å². The number of aromatic nitrogens is 1. The molecule has 0 bridgehead atoms. The van der Waals surface area contributed by atoms with E-state index in [9.17, 15) is 9.59 Å². The van der Waals surface area contributed by atoms with E-state index in [1.54, 1.807) is 41.0 Å². The summed E-state index contributed by atoms with van der Waals surface area (Å²) >= 11 is 0. The Kier molecular flexibility index (Phi) is 7.22. The molecule has 2 N–H and O–H groups in total. The average molecular weight is 420 g/mol. The molecule has 3 aromatic rings. The number of pyridine rings is 1. The minimum absolute atomic E-state index is 0.144. The fourth-order valence-electron chi connectivity index (χ4n) is 2.93. The van der Waals surface area contributed by atoms with Gasteiger partial charge in [-0.05, 0) is 55.5 Å². The second-order valence-electron chi connectivity index (χ2n) is 7.16. The van der Waals surface area contributed by atoms with Crippen molar-refractivity contribution in [2.75, 3.05) is 36.2 Å². The van der Waals surface area contributed by atoms with Crippen LogP contribution >= 0.6 is 0 Å². The molecule has 0 aliphatic carbocycles. The lowest BCUT2D eigenvalue weighted by atomic mass is 10.2. The number of anilines is 3. The molecule has 2 amide bonds. The molecule has 0 unspecified atom stereocenters. The van der Waals surface area contributed by atoms with Crippen molar-refractivity contribution in [2.45, 2.75) is 13.5 Å². The number of hydrogen-bond acceptors (Lipinski definition) is 4. The normalized spacial score (nSPS) is 10.3. The molecule has 0 spiro atoms. The summed E-state index contributed by atoms with van der Waals surface area (Å²) in [4.78, 5) is 26.7. The lowest BCUT2D eigenvalue weighted by Gasteiger charge is -2.10. The number of ether oxygens (including phenoxy) is 1. The monoisotopic (exact) mass is 419 g/mol. The van der Waals surface area contributed by atoms with Crippen LogP contribution in [-0.2, 0) is 11.3 Å². The first-order valence-electron chi connectivity index (χ1n) is 10.0. The van der Waals surface area contributed by atoms with E-state index in [0.29, 0.717) is 23.5 Å². The van der Waals surface area contributed by atoms with E-state index < -0.39 is 0 Å². The fraction of sp³-hybridized carbons (Fsp3) is 0.208. The summed E-state index contributed by atoms with van der Waals surface area (Å²) in [5.74, 6) is 0.389. The molecule has 2 aromatic carbocycles. The Morgan fingerprint density at radius 1 is 0.871 bits per heavy atom. The van der Waals surface area contributed by atoms with Crippen molar-refractivity contribution in [1.82, 2.24) is 0 Å². The number of carbonyl (C=O) groups is 2. The molecule has 0 atom stereocenters. The Morgan fingerprint density at radius 2 is 1.45 bits per heavy atom. The van der Waals surface area contributed by atoms with E-state index in [1.165, 1.54) is 0 Å². The molecule has 0 aliphatic rings. The fourth-order valence-corrected chi connectivity index (χ4v) is 2.93. The number of nitrogens with one attached hydrogen (secondary N) is 2. The zero-order chi connectivity index (χ0) is 22.2. The third-order valence-electron chi connectivity index (χ3n) is 4.57. The summed E-state index contributed by atoms with van der Waals surface area (Å²) in [5, 5.41) is 5.69. The lowest BCUT2D eigenvalue weighted by Crippen LogP contribution is -2.39. The Labute approximate surface area is 182 Å². The highest BCUT2D eigenvalue weighted by atomic mass is 16.5. The maximum absolute atomic E-state index is 12.4. The van der Waals surface area contributed by atoms with Crippen molar-refractivity contribution < 1.29 is 18.9 Å². The zero-order valence-corrected chi connectivity index (χ0v) is 18.0. The third kappa shape index (κ3) is 6.30. The minimum Gasteiger partial charge on any atom is -0.494 e. The van der Waals surface area contributed by atoms with Gasteiger partial charge in [0.1, 0.15) is 5.75 Å². The highest BCUT2D eigenvalue weighted by Crippen LogP contribution is 2.17. The van der Waals surface area contributed by atoms with E-state index in [2.05, 4.69) is 10.6 Å². The van der Waals surface area contributed by atoms with E-state index in [4.69, 9.17) is 4.74 Å². The highest BCUT2D eigenvalue weighted by molar-refractivity contribution is 6.04. The van der Waals surface area contributed by atoms with Crippen LogP contribution in [0.4, 0.5) is 17.1 Å². The van der Waals surface area contributed by atoms with Crippen LogP contribution < -0.4 is 24.8 Å². The quantitative estimate of drug-likeness (QED) is 0.549. The van der Waals surface area contributed by atoms with Gasteiger partial charge in [-0.25, -0.2) is 0 Å². The summed E-state index contributed by atoms with van der Waals surface area (Å²) in [5.41, 5.74) is 2.88. The number of hydrogen-bond donors (Lipinski definition) is 2. The van der Waals surface area contributed by atoms with Gasteiger partial charge in [-0.1, -0.05) is 0 Å². The molecule has 1 heterocycles. The van der Waals surface area contributed by atoms with Gasteiger partial charge in [0.25, 0.3) is 11.8 Å². The number of amides is 2. The Hall–Kier alpha value is -3.87. The van der Waals surface area contributed by atoms with Gasteiger partial charge < -0.3 is 20.3 Å². The predicted octanol–water partition coefficient (Wildman–Crippen LogP) is 3.33. The maximum atomic E-state index is 12.4. The van der Waals surface area contributed by atoms with Crippen LogP contribution in [0.15, 0.2) is 73.1 Å². The summed E-state index contributed by atoms with van der Waals surface area (Å²) in [6.45, 7) is 2.72. The summed E-state index contributed by atoms with van der Waals surface area (Å²) in [6.07, 6.45) is 3.73. The molecule has 0 fully saturated rings. The highest BCUT2D eigenvalue weighted by Gasteiger charge is 2.11. The van der Waals surface area contributed by atoms with Crippen LogP contribution in [-0.4, -0.2) is 32.5 Å². The SMILES string of the molecule is CCOc1ccc(NC(=O)c2ccc(NC(=O)C[n+]3ccc(N(C)C)cc3)cc2)cc1. The predicted molar refractivity (Wildman–Crippen MR) is 122 cm³/mol. The molecule has 7 nitrogen and oxygen atoms in total. The van der Waals surface area contributed by atoms with E-state index in [1.807, 2.05) is 62.6 Å². The van der Waals surface area contributed by atoms with E-state index in [-0.39, 0.29) is 18.4 Å². The van der Waals surface area contributed by atoms with Crippen LogP contribution in [0, 0.1) is 0 Å². The van der Waals surface area contributed by atoms with Crippen LogP contribution in [0.1, 0.15) is 17.3 Å². The Bertz CT molecular complexity index is 1010. The van der Waals surface area contributed by atoms with Gasteiger partial charge in [-0.3, -0.25) is 9.59 Å². The molecule has 3 rings (SSSR count). The Balaban J connectivity index is 1.54. The van der Waals surface area contributed by atoms with Crippen LogP contribution in [0.2, 0.25) is 0 Å². The first kappa shape index (κ1) is 21.8. The number of rotatable bonds is 8. The first-order chi connectivity index (χ1) is 14.9. The van der Waals surface area contributed by atoms with Crippen molar-refractivity contribution in [3.05, 3.63) is 78.6 Å². The van der Waals surface area contributed by atoms with Gasteiger partial charge in [-0.2, -0.15) is 4.57 Å². The van der Waals surface area contributed by atoms with E-state index in [0.717, 1.165) is 11.4 Å². The number of benzene rings is 2. The van der Waals surface area contributed by atoms with Gasteiger partial charge in [0.2, 0.25) is 6.54 Å². The first-order valence-corrected chi connectivity index (χ1v) is 10.0. The molecule has 31 heavy (non-hydrogen) atoms. The van der Waals surface area contributed by atoms with Gasteiger partial charge in [0, 0.05) is 48.9 Å². The molecule has 0 aliphatic heterocycles. The van der Waals surface area contributed by atoms with Gasteiger partial charge in [0.15, 0.2) is 12.4 Å². The van der Waals surface area contributed by atoms with Crippen molar-refractivity contribution in [3.8, 4) is 5.75 Å². The average Bonchev–Trinajstić information content (AvgIpc) is 2.76. The summed E-state index contributed by atoms with van der Waals surface area (Å²) in [7, 11) is 3.93. The van der Waals surface area contributed by atoms with Crippen molar-refractivity contribution in [2.24, 2.45) is 0 Å². The maximum Gasteiger partial charge on any atom is 0.290 e. The summed E-state index contributed by atoms with van der Waals surface area (Å²) in [6, 6.07) is 17.9. The molecule has 0 radical (unpaired) electrons. The number of carbonyl (C=O) groups excluding carboxylic acids is 2. The standard InChI is InChI=1S/C24H26N4O3/c1-4-31-22-11-9-20(10-12-22)26-24(30)18-5-7-19(8-6-18)25-23(29)17-28-15-13-21(14-16-28)27(2)3/h5-16H,4,17H2,1-3H3,(H-,25,26,29,30)/p+1. The van der Waals surface area contributed by atoms with Gasteiger partial charge in [0.05, 0.1) is 6.61 Å². The van der Waals surface area contributed by atoms with Crippen LogP contribution in [0.3, 0.4) is 0 Å². The zero-order valence-electron chi connectivity index (χ0n) is 18.0. The smallest absolute Gasteiger partial charge is 0.290 e. The topological polar surface area (TPSA) is 74.5 Å². The second kappa shape index (κ2) is 10.2. The minimum atomic E-state index is -0.224. The number of nitrogens with zero attached hydrogens (tertiary/aromatic N) is 2. The second-order valence-corrected chi connectivity index (χ2v) is 7.16. The Morgan fingerprint density at radius 3 is 2.03 bits per heavy atom. The molecule has 160 valence electrons. The van der Waals surface area contributed by atoms with Crippen molar-refractivity contribution in [3.63, 3.8) is 0 Å². The largest absolute Gasteiger partial charge is 0.494 e. The molecular formula is C24H27N4O3+.